The average molecular weight is 518 g/mol. The second kappa shape index (κ2) is 8.07. The Balaban J connectivity index is 1.80. The molecule has 5 aromatic rings. The Morgan fingerprint density at radius 1 is 0.839 bits per heavy atom. The molecule has 0 aliphatic heterocycles. The maximum Gasteiger partial charge on any atom is 0.266 e. The van der Waals surface area contributed by atoms with Crippen LogP contribution in [0.2, 0.25) is 0 Å². The van der Waals surface area contributed by atoms with E-state index < -0.39 is 0 Å². The minimum absolute atomic E-state index is 0.126. The van der Waals surface area contributed by atoms with E-state index in [1.807, 2.05) is 66.7 Å². The van der Waals surface area contributed by atoms with E-state index in [0.29, 0.717) is 16.7 Å². The molecule has 0 saturated heterocycles. The van der Waals surface area contributed by atoms with Crippen molar-refractivity contribution in [3.05, 3.63) is 116 Å². The first-order valence-electron chi connectivity index (χ1n) is 9.74. The fourth-order valence-electron chi connectivity index (χ4n) is 3.67. The highest BCUT2D eigenvalue weighted by Gasteiger charge is 2.13. The highest BCUT2D eigenvalue weighted by molar-refractivity contribution is 14.1. The molecule has 0 fully saturated rings. The van der Waals surface area contributed by atoms with E-state index in [1.165, 1.54) is 12.1 Å². The molecule has 0 saturated carbocycles. The molecule has 0 bridgehead atoms. The van der Waals surface area contributed by atoms with Crippen LogP contribution in [-0.4, -0.2) is 9.55 Å². The van der Waals surface area contributed by atoms with Gasteiger partial charge in [-0.2, -0.15) is 0 Å². The van der Waals surface area contributed by atoms with Crippen LogP contribution in [0.15, 0.2) is 89.7 Å². The molecule has 0 aliphatic rings. The third kappa shape index (κ3) is 3.77. The van der Waals surface area contributed by atoms with Gasteiger partial charge in [-0.25, -0.2) is 9.37 Å². The lowest BCUT2D eigenvalue weighted by Crippen LogP contribution is -2.22. The molecule has 5 heteroatoms. The Labute approximate surface area is 191 Å². The van der Waals surface area contributed by atoms with E-state index in [2.05, 4.69) is 22.6 Å². The van der Waals surface area contributed by atoms with Gasteiger partial charge < -0.3 is 0 Å². The molecule has 0 unspecified atom stereocenters. The van der Waals surface area contributed by atoms with Gasteiger partial charge in [-0.15, -0.1) is 0 Å². The number of benzene rings is 4. The van der Waals surface area contributed by atoms with E-state index in [1.54, 1.807) is 22.8 Å². The van der Waals surface area contributed by atoms with Crippen LogP contribution >= 0.6 is 22.6 Å². The molecule has 150 valence electrons. The summed E-state index contributed by atoms with van der Waals surface area (Å²) in [4.78, 5) is 18.4. The van der Waals surface area contributed by atoms with E-state index in [-0.39, 0.29) is 11.4 Å². The van der Waals surface area contributed by atoms with Crippen molar-refractivity contribution in [2.75, 3.05) is 0 Å². The van der Waals surface area contributed by atoms with Crippen LogP contribution < -0.4 is 5.56 Å². The van der Waals surface area contributed by atoms with Crippen molar-refractivity contribution in [3.63, 3.8) is 0 Å². The van der Waals surface area contributed by atoms with Crippen molar-refractivity contribution in [1.82, 2.24) is 9.55 Å². The first kappa shape index (κ1) is 19.6. The third-order valence-corrected chi connectivity index (χ3v) is 5.83. The van der Waals surface area contributed by atoms with E-state index in [9.17, 15) is 9.18 Å². The predicted octanol–water partition coefficient (Wildman–Crippen LogP) is 6.45. The highest BCUT2D eigenvalue weighted by Crippen LogP contribution is 2.24. The summed E-state index contributed by atoms with van der Waals surface area (Å²) in [5.74, 6) is 0.225. The van der Waals surface area contributed by atoms with E-state index in [4.69, 9.17) is 4.98 Å². The Kier molecular flexibility index (Phi) is 5.11. The molecule has 0 spiro atoms. The Morgan fingerprint density at radius 3 is 2.45 bits per heavy atom. The minimum Gasteiger partial charge on any atom is -0.268 e. The Hall–Kier alpha value is -3.32. The summed E-state index contributed by atoms with van der Waals surface area (Å²) in [5.41, 5.74) is 2.11. The molecule has 0 radical (unpaired) electrons. The minimum atomic E-state index is -0.289. The zero-order valence-corrected chi connectivity index (χ0v) is 18.5. The lowest BCUT2D eigenvalue weighted by atomic mass is 10.1. The number of hydrogen-bond acceptors (Lipinski definition) is 2. The van der Waals surface area contributed by atoms with Crippen molar-refractivity contribution < 1.29 is 4.39 Å². The lowest BCUT2D eigenvalue weighted by Gasteiger charge is -2.14. The van der Waals surface area contributed by atoms with Crippen LogP contribution in [0.3, 0.4) is 0 Å². The van der Waals surface area contributed by atoms with Gasteiger partial charge in [0.25, 0.3) is 5.56 Å². The first-order valence-corrected chi connectivity index (χ1v) is 10.8. The molecular weight excluding hydrogens is 502 g/mol. The van der Waals surface area contributed by atoms with Crippen LogP contribution in [0.5, 0.6) is 0 Å². The fourth-order valence-corrected chi connectivity index (χ4v) is 4.16. The maximum atomic E-state index is 13.6. The monoisotopic (exact) mass is 518 g/mol. The van der Waals surface area contributed by atoms with Gasteiger partial charge in [-0.3, -0.25) is 9.36 Å². The van der Waals surface area contributed by atoms with Gasteiger partial charge in [0, 0.05) is 8.96 Å². The largest absolute Gasteiger partial charge is 0.268 e. The zero-order valence-electron chi connectivity index (χ0n) is 16.3. The number of rotatable bonds is 3. The van der Waals surface area contributed by atoms with Gasteiger partial charge in [-0.05, 0) is 76.0 Å². The van der Waals surface area contributed by atoms with Gasteiger partial charge in [0.1, 0.15) is 11.6 Å². The normalized spacial score (nSPS) is 11.5. The second-order valence-corrected chi connectivity index (χ2v) is 8.40. The molecule has 4 aromatic carbocycles. The molecule has 31 heavy (non-hydrogen) atoms. The third-order valence-electron chi connectivity index (χ3n) is 5.16. The molecule has 3 nitrogen and oxygen atoms in total. The maximum absolute atomic E-state index is 13.6. The molecule has 0 aliphatic carbocycles. The predicted molar refractivity (Wildman–Crippen MR) is 133 cm³/mol. The number of aromatic nitrogens is 2. The van der Waals surface area contributed by atoms with Crippen LogP contribution in [0.4, 0.5) is 4.39 Å². The molecule has 0 N–H and O–H groups in total. The molecule has 1 aromatic heterocycles. The Morgan fingerprint density at radius 2 is 1.61 bits per heavy atom. The number of halogens is 2. The van der Waals surface area contributed by atoms with Gasteiger partial charge >= 0.3 is 0 Å². The summed E-state index contributed by atoms with van der Waals surface area (Å²) >= 11 is 2.20. The van der Waals surface area contributed by atoms with Crippen LogP contribution in [-0.2, 0) is 0 Å². The van der Waals surface area contributed by atoms with E-state index >= 15 is 0 Å². The highest BCUT2D eigenvalue weighted by atomic mass is 127. The summed E-state index contributed by atoms with van der Waals surface area (Å²) in [6.45, 7) is 0. The topological polar surface area (TPSA) is 34.9 Å². The smallest absolute Gasteiger partial charge is 0.266 e. The summed E-state index contributed by atoms with van der Waals surface area (Å²) in [7, 11) is 0. The lowest BCUT2D eigenvalue weighted by molar-refractivity contribution is 0.628. The molecular formula is C26H16FIN2O. The first-order chi connectivity index (χ1) is 15.1. The quantitative estimate of drug-likeness (QED) is 0.257. The average Bonchev–Trinajstić information content (AvgIpc) is 2.79. The fraction of sp³-hybridized carbons (Fsp3) is 0. The van der Waals surface area contributed by atoms with Gasteiger partial charge in [0.15, 0.2) is 0 Å². The van der Waals surface area contributed by atoms with Gasteiger partial charge in [-0.1, -0.05) is 54.6 Å². The second-order valence-electron chi connectivity index (χ2n) is 7.16. The number of hydrogen-bond donors (Lipinski definition) is 0. The summed E-state index contributed by atoms with van der Waals surface area (Å²) < 4.78 is 15.9. The van der Waals surface area contributed by atoms with Gasteiger partial charge in [0.2, 0.25) is 0 Å². The SMILES string of the molecule is O=c1c2cc(I)ccc2nc(/C=C/c2ccc(F)cc2)n1-c1cccc2ccccc12. The van der Waals surface area contributed by atoms with Crippen molar-refractivity contribution in [3.8, 4) is 5.69 Å². The van der Waals surface area contributed by atoms with Gasteiger partial charge in [0.05, 0.1) is 16.6 Å². The van der Waals surface area contributed by atoms with Crippen LogP contribution in [0, 0.1) is 9.39 Å². The van der Waals surface area contributed by atoms with Crippen molar-refractivity contribution in [2.24, 2.45) is 0 Å². The molecule has 0 atom stereocenters. The molecule has 1 heterocycles. The van der Waals surface area contributed by atoms with Crippen molar-refractivity contribution in [1.29, 1.82) is 0 Å². The van der Waals surface area contributed by atoms with Crippen LogP contribution in [0.1, 0.15) is 11.4 Å². The zero-order chi connectivity index (χ0) is 21.4. The summed E-state index contributed by atoms with van der Waals surface area (Å²) in [6.07, 6.45) is 3.63. The summed E-state index contributed by atoms with van der Waals surface area (Å²) in [5, 5.41) is 2.58. The van der Waals surface area contributed by atoms with Crippen molar-refractivity contribution >= 4 is 56.4 Å². The molecule has 0 amide bonds. The number of fused-ring (bicyclic) bond motifs is 2. The van der Waals surface area contributed by atoms with E-state index in [0.717, 1.165) is 25.6 Å². The Bertz CT molecular complexity index is 1520. The van der Waals surface area contributed by atoms with Crippen LogP contribution in [0.25, 0.3) is 39.5 Å². The number of nitrogens with zero attached hydrogens (tertiary/aromatic N) is 2. The van der Waals surface area contributed by atoms with Crippen molar-refractivity contribution in [2.45, 2.75) is 0 Å². The summed E-state index contributed by atoms with van der Waals surface area (Å²) in [6, 6.07) is 25.7. The standard InChI is InChI=1S/C26H16FIN2O/c27-19-11-8-17(9-12-19)10-15-25-29-23-14-13-20(28)16-22(23)26(31)30(25)24-7-3-5-18-4-1-2-6-21(18)24/h1-16H/b15-10+. The molecule has 5 rings (SSSR count).